The number of hydrogen-bond acceptors (Lipinski definition) is 6. The molecule has 0 saturated carbocycles. The van der Waals surface area contributed by atoms with Crippen molar-refractivity contribution in [2.24, 2.45) is 0 Å². The van der Waals surface area contributed by atoms with Gasteiger partial charge in [-0.3, -0.25) is 9.47 Å². The minimum Gasteiger partial charge on any atom is -0.379 e. The predicted molar refractivity (Wildman–Crippen MR) is 57.7 cm³/mol. The summed E-state index contributed by atoms with van der Waals surface area (Å²) in [7, 11) is 0. The molecule has 1 aromatic heterocycles. The zero-order chi connectivity index (χ0) is 11.5. The Morgan fingerprint density at radius 3 is 3.19 bits per heavy atom. The van der Waals surface area contributed by atoms with Crippen LogP contribution in [0.1, 0.15) is 6.92 Å². The lowest BCUT2D eigenvalue weighted by atomic mass is 10.3. The van der Waals surface area contributed by atoms with Gasteiger partial charge in [0.25, 0.3) is 0 Å². The molecule has 0 bridgehead atoms. The Hall–Kier alpha value is -1.47. The summed E-state index contributed by atoms with van der Waals surface area (Å²) in [5.41, 5.74) is 4.95. The lowest BCUT2D eigenvalue weighted by Gasteiger charge is -2.33. The lowest BCUT2D eigenvalue weighted by Crippen LogP contribution is -2.46. The number of anilines is 1. The molecule has 1 atom stereocenters. The monoisotopic (exact) mass is 225 g/mol. The van der Waals surface area contributed by atoms with Crippen molar-refractivity contribution in [2.45, 2.75) is 19.6 Å². The molecule has 1 fully saturated rings. The third kappa shape index (κ3) is 2.37. The number of morpholine rings is 1. The number of ether oxygens (including phenoxy) is 1. The van der Waals surface area contributed by atoms with Gasteiger partial charge >= 0.3 is 5.69 Å². The molecule has 1 aliphatic heterocycles. The summed E-state index contributed by atoms with van der Waals surface area (Å²) >= 11 is 0. The maximum Gasteiger partial charge on any atom is 0.353 e. The molecule has 0 aliphatic carbocycles. The van der Waals surface area contributed by atoms with Gasteiger partial charge in [0.15, 0.2) is 0 Å². The van der Waals surface area contributed by atoms with Crippen LogP contribution in [0.5, 0.6) is 0 Å². The third-order valence-electron chi connectivity index (χ3n) is 2.62. The van der Waals surface area contributed by atoms with Crippen LogP contribution in [-0.2, 0) is 11.4 Å². The van der Waals surface area contributed by atoms with Crippen molar-refractivity contribution in [2.75, 3.05) is 25.5 Å². The molecule has 7 nitrogen and oxygen atoms in total. The fraction of sp³-hybridized carbons (Fsp3) is 0.667. The van der Waals surface area contributed by atoms with Gasteiger partial charge in [-0.25, -0.2) is 9.78 Å². The van der Waals surface area contributed by atoms with Crippen molar-refractivity contribution in [3.63, 3.8) is 0 Å². The minimum absolute atomic E-state index is 0.0104. The summed E-state index contributed by atoms with van der Waals surface area (Å²) in [5, 5.41) is 0. The molecule has 7 heteroatoms. The Kier molecular flexibility index (Phi) is 3.16. The highest BCUT2D eigenvalue weighted by Gasteiger charge is 2.19. The molecule has 2 N–H and O–H groups in total. The predicted octanol–water partition coefficient (Wildman–Crippen LogP) is -1.10. The number of aromatic nitrogens is 3. The molecule has 2 heterocycles. The quantitative estimate of drug-likeness (QED) is 0.687. The Morgan fingerprint density at radius 2 is 2.50 bits per heavy atom. The van der Waals surface area contributed by atoms with Crippen molar-refractivity contribution in [3.8, 4) is 0 Å². The van der Waals surface area contributed by atoms with Crippen LogP contribution < -0.4 is 11.4 Å². The molecule has 0 aromatic carbocycles. The van der Waals surface area contributed by atoms with Gasteiger partial charge in [0.1, 0.15) is 6.33 Å². The van der Waals surface area contributed by atoms with Gasteiger partial charge in [0, 0.05) is 12.6 Å². The van der Waals surface area contributed by atoms with Crippen LogP contribution in [0.4, 0.5) is 5.95 Å². The van der Waals surface area contributed by atoms with Gasteiger partial charge in [0.05, 0.1) is 19.9 Å². The highest BCUT2D eigenvalue weighted by atomic mass is 16.5. The van der Waals surface area contributed by atoms with Gasteiger partial charge in [-0.05, 0) is 6.92 Å². The zero-order valence-electron chi connectivity index (χ0n) is 9.17. The molecule has 1 unspecified atom stereocenters. The molecule has 1 aliphatic rings. The number of rotatable bonds is 2. The molecule has 0 radical (unpaired) electrons. The Balaban J connectivity index is 2.11. The first-order chi connectivity index (χ1) is 7.66. The van der Waals surface area contributed by atoms with Crippen LogP contribution in [0.25, 0.3) is 0 Å². The summed E-state index contributed by atoms with van der Waals surface area (Å²) in [5.74, 6) is 0.0104. The van der Waals surface area contributed by atoms with Crippen molar-refractivity contribution in [1.82, 2.24) is 19.4 Å². The second-order valence-electron chi connectivity index (χ2n) is 3.84. The first-order valence-corrected chi connectivity index (χ1v) is 5.17. The van der Waals surface area contributed by atoms with E-state index in [1.807, 2.05) is 0 Å². The van der Waals surface area contributed by atoms with Gasteiger partial charge in [-0.15, -0.1) is 0 Å². The van der Waals surface area contributed by atoms with E-state index in [-0.39, 0.29) is 11.6 Å². The molecule has 88 valence electrons. The molecule has 0 spiro atoms. The van der Waals surface area contributed by atoms with Crippen LogP contribution in [-0.4, -0.2) is 45.2 Å². The molecule has 0 amide bonds. The maximum absolute atomic E-state index is 11.5. The molecule has 16 heavy (non-hydrogen) atoms. The lowest BCUT2D eigenvalue weighted by molar-refractivity contribution is -0.0161. The smallest absolute Gasteiger partial charge is 0.353 e. The number of nitrogen functional groups attached to an aromatic ring is 1. The van der Waals surface area contributed by atoms with E-state index < -0.39 is 0 Å². The summed E-state index contributed by atoms with van der Waals surface area (Å²) in [6.07, 6.45) is 1.42. The average Bonchev–Trinajstić information content (AvgIpc) is 2.25. The van der Waals surface area contributed by atoms with Crippen molar-refractivity contribution in [1.29, 1.82) is 0 Å². The van der Waals surface area contributed by atoms with Gasteiger partial charge in [-0.1, -0.05) is 0 Å². The Morgan fingerprint density at radius 1 is 1.69 bits per heavy atom. The average molecular weight is 225 g/mol. The fourth-order valence-corrected chi connectivity index (χ4v) is 1.63. The van der Waals surface area contributed by atoms with Crippen LogP contribution in [0.3, 0.4) is 0 Å². The van der Waals surface area contributed by atoms with Crippen LogP contribution in [0.2, 0.25) is 0 Å². The van der Waals surface area contributed by atoms with E-state index in [0.717, 1.165) is 6.54 Å². The molecule has 2 rings (SSSR count). The van der Waals surface area contributed by atoms with Crippen LogP contribution in [0, 0.1) is 0 Å². The minimum atomic E-state index is -0.369. The summed E-state index contributed by atoms with van der Waals surface area (Å²) < 4.78 is 6.76. The Labute approximate surface area is 92.9 Å². The van der Waals surface area contributed by atoms with E-state index in [9.17, 15) is 4.79 Å². The van der Waals surface area contributed by atoms with Gasteiger partial charge < -0.3 is 10.5 Å². The summed E-state index contributed by atoms with van der Waals surface area (Å²) in [4.78, 5) is 21.0. The SMILES string of the molecule is CC1COCCN1Cn1cnc(N)nc1=O. The van der Waals surface area contributed by atoms with E-state index >= 15 is 0 Å². The number of hydrogen-bond donors (Lipinski definition) is 1. The highest BCUT2D eigenvalue weighted by Crippen LogP contribution is 2.06. The van der Waals surface area contributed by atoms with E-state index in [1.54, 1.807) is 0 Å². The number of nitrogens with two attached hydrogens (primary N) is 1. The van der Waals surface area contributed by atoms with Gasteiger partial charge in [-0.2, -0.15) is 4.98 Å². The second kappa shape index (κ2) is 4.58. The van der Waals surface area contributed by atoms with Crippen molar-refractivity contribution >= 4 is 5.95 Å². The van der Waals surface area contributed by atoms with E-state index in [4.69, 9.17) is 10.5 Å². The maximum atomic E-state index is 11.5. The van der Waals surface area contributed by atoms with Crippen molar-refractivity contribution < 1.29 is 4.74 Å². The van der Waals surface area contributed by atoms with E-state index in [0.29, 0.717) is 25.9 Å². The first kappa shape index (κ1) is 11.0. The largest absolute Gasteiger partial charge is 0.379 e. The summed E-state index contributed by atoms with van der Waals surface area (Å²) in [6, 6.07) is 0.290. The fourth-order valence-electron chi connectivity index (χ4n) is 1.63. The molecule has 1 aromatic rings. The Bertz CT molecular complexity index is 419. The zero-order valence-corrected chi connectivity index (χ0v) is 9.17. The highest BCUT2D eigenvalue weighted by molar-refractivity contribution is 5.09. The molecular weight excluding hydrogens is 210 g/mol. The molecular formula is C9H15N5O2. The van der Waals surface area contributed by atoms with Crippen molar-refractivity contribution in [3.05, 3.63) is 16.8 Å². The normalized spacial score (nSPS) is 22.2. The summed E-state index contributed by atoms with van der Waals surface area (Å²) in [6.45, 7) is 4.71. The van der Waals surface area contributed by atoms with E-state index in [2.05, 4.69) is 21.8 Å². The van der Waals surface area contributed by atoms with Crippen LogP contribution in [0.15, 0.2) is 11.1 Å². The van der Waals surface area contributed by atoms with Gasteiger partial charge in [0.2, 0.25) is 5.95 Å². The molecule has 1 saturated heterocycles. The third-order valence-corrected chi connectivity index (χ3v) is 2.62. The van der Waals surface area contributed by atoms with Crippen LogP contribution >= 0.6 is 0 Å². The topological polar surface area (TPSA) is 86.3 Å². The van der Waals surface area contributed by atoms with E-state index in [1.165, 1.54) is 10.9 Å². The second-order valence-corrected chi connectivity index (χ2v) is 3.84. The number of nitrogens with zero attached hydrogens (tertiary/aromatic N) is 4. The standard InChI is InChI=1S/C9H15N5O2/c1-7-4-16-3-2-13(7)6-14-5-11-8(10)12-9(14)15/h5,7H,2-4,6H2,1H3,(H2,10,12,15). The first-order valence-electron chi connectivity index (χ1n) is 5.17.